The van der Waals surface area contributed by atoms with Crippen LogP contribution in [0.3, 0.4) is 0 Å². The van der Waals surface area contributed by atoms with E-state index in [1.54, 1.807) is 12.3 Å². The second-order valence-corrected chi connectivity index (χ2v) is 9.12. The van der Waals surface area contributed by atoms with Crippen LogP contribution in [0.5, 0.6) is 0 Å². The number of H-pyrrole nitrogens is 1. The van der Waals surface area contributed by atoms with E-state index in [4.69, 9.17) is 9.97 Å². The van der Waals surface area contributed by atoms with Crippen molar-refractivity contribution in [3.05, 3.63) is 42.0 Å². The predicted octanol–water partition coefficient (Wildman–Crippen LogP) is 4.65. The van der Waals surface area contributed by atoms with Gasteiger partial charge in [0, 0.05) is 47.9 Å². The Morgan fingerprint density at radius 1 is 1.18 bits per heavy atom. The van der Waals surface area contributed by atoms with Crippen LogP contribution in [0.4, 0.5) is 19.0 Å². The van der Waals surface area contributed by atoms with Gasteiger partial charge in [0.05, 0.1) is 11.7 Å². The number of pyridine rings is 2. The SMILES string of the molecule is CNC[C@H]1CCCN1c1nc(-c2ccnc3[nH]c(C(F)(F)F)cc23)nc2cncc(C3CC3)c12. The van der Waals surface area contributed by atoms with E-state index in [9.17, 15) is 13.2 Å². The number of nitrogens with one attached hydrogen (secondary N) is 2. The van der Waals surface area contributed by atoms with Crippen LogP contribution in [-0.4, -0.2) is 51.1 Å². The quantitative estimate of drug-likeness (QED) is 0.445. The maximum Gasteiger partial charge on any atom is 0.431 e. The highest BCUT2D eigenvalue weighted by Crippen LogP contribution is 2.45. The van der Waals surface area contributed by atoms with E-state index in [1.165, 1.54) is 6.20 Å². The first-order chi connectivity index (χ1) is 16.4. The summed E-state index contributed by atoms with van der Waals surface area (Å²) in [6.45, 7) is 1.70. The molecule has 2 aliphatic rings. The summed E-state index contributed by atoms with van der Waals surface area (Å²) < 4.78 is 40.1. The smallest absolute Gasteiger partial charge is 0.352 e. The maximum atomic E-state index is 13.4. The minimum absolute atomic E-state index is 0.161. The molecule has 34 heavy (non-hydrogen) atoms. The van der Waals surface area contributed by atoms with E-state index in [2.05, 4.69) is 25.2 Å². The molecule has 10 heteroatoms. The lowest BCUT2D eigenvalue weighted by atomic mass is 10.1. The number of hydrogen-bond donors (Lipinski definition) is 2. The molecule has 1 atom stereocenters. The lowest BCUT2D eigenvalue weighted by Crippen LogP contribution is -2.37. The molecular weight excluding hydrogens is 443 g/mol. The molecule has 0 amide bonds. The number of aromatic nitrogens is 5. The average molecular weight is 467 g/mol. The Bertz CT molecular complexity index is 1380. The van der Waals surface area contributed by atoms with Gasteiger partial charge in [-0.1, -0.05) is 0 Å². The number of aromatic amines is 1. The number of alkyl halides is 3. The largest absolute Gasteiger partial charge is 0.431 e. The van der Waals surface area contributed by atoms with Gasteiger partial charge in [0.2, 0.25) is 0 Å². The molecule has 0 bridgehead atoms. The van der Waals surface area contributed by atoms with Gasteiger partial charge < -0.3 is 15.2 Å². The van der Waals surface area contributed by atoms with Gasteiger partial charge >= 0.3 is 6.18 Å². The predicted molar refractivity (Wildman–Crippen MR) is 124 cm³/mol. The fourth-order valence-corrected chi connectivity index (χ4v) is 5.06. The second kappa shape index (κ2) is 7.90. The number of nitrogens with zero attached hydrogens (tertiary/aromatic N) is 5. The van der Waals surface area contributed by atoms with Crippen LogP contribution in [0.1, 0.15) is 42.9 Å². The lowest BCUT2D eigenvalue weighted by molar-refractivity contribution is -0.140. The van der Waals surface area contributed by atoms with Crippen molar-refractivity contribution < 1.29 is 13.2 Å². The highest BCUT2D eigenvalue weighted by atomic mass is 19.4. The van der Waals surface area contributed by atoms with Crippen molar-refractivity contribution in [2.75, 3.05) is 25.0 Å². The molecule has 2 fully saturated rings. The Labute approximate surface area is 193 Å². The molecule has 0 unspecified atom stereocenters. The van der Waals surface area contributed by atoms with Crippen LogP contribution >= 0.6 is 0 Å². The molecule has 2 N–H and O–H groups in total. The van der Waals surface area contributed by atoms with E-state index in [0.717, 1.165) is 67.1 Å². The third-order valence-electron chi connectivity index (χ3n) is 6.80. The van der Waals surface area contributed by atoms with Gasteiger partial charge in [-0.15, -0.1) is 0 Å². The van der Waals surface area contributed by atoms with Crippen molar-refractivity contribution in [3.8, 4) is 11.4 Å². The van der Waals surface area contributed by atoms with Gasteiger partial charge in [-0.25, -0.2) is 15.0 Å². The summed E-state index contributed by atoms with van der Waals surface area (Å²) >= 11 is 0. The van der Waals surface area contributed by atoms with Crippen molar-refractivity contribution in [1.82, 2.24) is 30.2 Å². The molecule has 1 aliphatic carbocycles. The van der Waals surface area contributed by atoms with Crippen molar-refractivity contribution >= 4 is 27.8 Å². The summed E-state index contributed by atoms with van der Waals surface area (Å²) in [6, 6.07) is 3.05. The van der Waals surface area contributed by atoms with E-state index >= 15 is 0 Å². The van der Waals surface area contributed by atoms with Crippen LogP contribution in [0.25, 0.3) is 33.3 Å². The van der Waals surface area contributed by atoms with Gasteiger partial charge in [0.15, 0.2) is 5.82 Å². The Kier molecular flexibility index (Phi) is 4.94. The van der Waals surface area contributed by atoms with E-state index < -0.39 is 11.9 Å². The Hall–Kier alpha value is -3.27. The standard InChI is InChI=1S/C24H24F3N7/c1-28-10-14-3-2-8-34(14)23-20-17(13-4-5-13)11-29-12-18(20)31-22(33-23)15-6-7-30-21-16(15)9-19(32-21)24(25,26)27/h6-7,9,11-14,28H,2-5,8,10H2,1H3,(H,30,32)/t14-/m1/s1. The number of likely N-dealkylation sites (N-methyl/N-ethyl adjacent to an activating group) is 1. The minimum Gasteiger partial charge on any atom is -0.352 e. The lowest BCUT2D eigenvalue weighted by Gasteiger charge is -2.28. The zero-order valence-corrected chi connectivity index (χ0v) is 18.7. The van der Waals surface area contributed by atoms with E-state index in [1.807, 2.05) is 13.2 Å². The number of anilines is 1. The average Bonchev–Trinajstić information content (AvgIpc) is 3.38. The molecule has 176 valence electrons. The van der Waals surface area contributed by atoms with Crippen molar-refractivity contribution in [3.63, 3.8) is 0 Å². The van der Waals surface area contributed by atoms with Crippen LogP contribution in [-0.2, 0) is 6.18 Å². The Morgan fingerprint density at radius 3 is 2.79 bits per heavy atom. The van der Waals surface area contributed by atoms with Crippen LogP contribution in [0, 0.1) is 0 Å². The van der Waals surface area contributed by atoms with Gasteiger partial charge in [-0.2, -0.15) is 13.2 Å². The molecule has 5 heterocycles. The zero-order chi connectivity index (χ0) is 23.4. The van der Waals surface area contributed by atoms with Gasteiger partial charge in [-0.3, -0.25) is 4.98 Å². The Morgan fingerprint density at radius 2 is 2.03 bits per heavy atom. The van der Waals surface area contributed by atoms with Crippen LogP contribution < -0.4 is 10.2 Å². The fourth-order valence-electron chi connectivity index (χ4n) is 5.06. The topological polar surface area (TPSA) is 82.6 Å². The van der Waals surface area contributed by atoms with Crippen molar-refractivity contribution in [2.45, 2.75) is 43.8 Å². The molecule has 0 aromatic carbocycles. The number of rotatable bonds is 5. The minimum atomic E-state index is -4.49. The molecule has 7 nitrogen and oxygen atoms in total. The molecule has 1 saturated heterocycles. The van der Waals surface area contributed by atoms with Gasteiger partial charge in [0.1, 0.15) is 17.2 Å². The van der Waals surface area contributed by atoms with Crippen molar-refractivity contribution in [1.29, 1.82) is 0 Å². The molecule has 4 aromatic heterocycles. The van der Waals surface area contributed by atoms with Crippen LogP contribution in [0.2, 0.25) is 0 Å². The highest BCUT2D eigenvalue weighted by molar-refractivity contribution is 5.97. The van der Waals surface area contributed by atoms with E-state index in [-0.39, 0.29) is 11.7 Å². The summed E-state index contributed by atoms with van der Waals surface area (Å²) in [6.07, 6.45) is 5.00. The molecule has 0 radical (unpaired) electrons. The molecule has 6 rings (SSSR count). The zero-order valence-electron chi connectivity index (χ0n) is 18.7. The van der Waals surface area contributed by atoms with Crippen molar-refractivity contribution in [2.24, 2.45) is 0 Å². The third-order valence-corrected chi connectivity index (χ3v) is 6.80. The van der Waals surface area contributed by atoms with Gasteiger partial charge in [0.25, 0.3) is 0 Å². The normalized spacial score (nSPS) is 18.9. The first kappa shape index (κ1) is 21.3. The summed E-state index contributed by atoms with van der Waals surface area (Å²) in [5.74, 6) is 1.69. The number of hydrogen-bond acceptors (Lipinski definition) is 6. The molecular formula is C24H24F3N7. The summed E-state index contributed by atoms with van der Waals surface area (Å²) in [5, 5.41) is 4.64. The number of fused-ring (bicyclic) bond motifs is 2. The maximum absolute atomic E-state index is 13.4. The number of halogens is 3. The second-order valence-electron chi connectivity index (χ2n) is 9.12. The Balaban J connectivity index is 1.58. The summed E-state index contributed by atoms with van der Waals surface area (Å²) in [7, 11) is 1.94. The molecule has 1 aliphatic heterocycles. The van der Waals surface area contributed by atoms with Crippen LogP contribution in [0.15, 0.2) is 30.7 Å². The summed E-state index contributed by atoms with van der Waals surface area (Å²) in [5.41, 5.74) is 1.72. The molecule has 4 aromatic rings. The first-order valence-corrected chi connectivity index (χ1v) is 11.6. The fraction of sp³-hybridized carbons (Fsp3) is 0.417. The third kappa shape index (κ3) is 3.56. The summed E-state index contributed by atoms with van der Waals surface area (Å²) in [4.78, 5) is 23.1. The monoisotopic (exact) mass is 467 g/mol. The highest BCUT2D eigenvalue weighted by Gasteiger charge is 2.34. The molecule has 0 spiro atoms. The van der Waals surface area contributed by atoms with E-state index in [0.29, 0.717) is 22.7 Å². The van der Waals surface area contributed by atoms with Gasteiger partial charge in [-0.05, 0) is 56.3 Å². The molecule has 1 saturated carbocycles. The first-order valence-electron chi connectivity index (χ1n) is 11.6.